The van der Waals surface area contributed by atoms with E-state index in [2.05, 4.69) is 9.80 Å². The van der Waals surface area contributed by atoms with Gasteiger partial charge in [0.25, 0.3) is 30.4 Å². The molecule has 3 N–H and O–H groups in total. The Labute approximate surface area is 311 Å². The van der Waals surface area contributed by atoms with E-state index in [1.54, 1.807) is 24.3 Å². The van der Waals surface area contributed by atoms with Crippen molar-refractivity contribution in [2.45, 2.75) is 61.4 Å². The lowest BCUT2D eigenvalue weighted by Gasteiger charge is -2.27. The van der Waals surface area contributed by atoms with Gasteiger partial charge in [0, 0.05) is 43.5 Å². The van der Waals surface area contributed by atoms with Gasteiger partial charge in [-0.15, -0.1) is 0 Å². The van der Waals surface area contributed by atoms with Gasteiger partial charge in [-0.2, -0.15) is 25.3 Å². The number of aryl methyl sites for hydroxylation is 2. The van der Waals surface area contributed by atoms with Crippen LogP contribution in [0.15, 0.2) is 124 Å². The van der Waals surface area contributed by atoms with Gasteiger partial charge in [-0.05, 0) is 127 Å². The third kappa shape index (κ3) is 9.51. The smallest absolute Gasteiger partial charge is 0.294 e. The third-order valence-electron chi connectivity index (χ3n) is 9.24. The van der Waals surface area contributed by atoms with Gasteiger partial charge < -0.3 is 9.80 Å². The average Bonchev–Trinajstić information content (AvgIpc) is 3.10. The zero-order valence-electron chi connectivity index (χ0n) is 29.7. The van der Waals surface area contributed by atoms with Crippen LogP contribution < -0.4 is 9.80 Å². The van der Waals surface area contributed by atoms with Crippen LogP contribution in [0.5, 0.6) is 0 Å². The maximum Gasteiger partial charge on any atom is 0.294 e. The normalized spacial score (nSPS) is 12.2. The molecule has 0 spiro atoms. The summed E-state index contributed by atoms with van der Waals surface area (Å²) in [4.78, 5) is 3.61. The molecule has 11 nitrogen and oxygen atoms in total. The predicted molar refractivity (Wildman–Crippen MR) is 206 cm³/mol. The first kappa shape index (κ1) is 39.6. The number of anilines is 2. The maximum atomic E-state index is 12.1. The number of rotatable bonds is 14. The molecule has 0 bridgehead atoms. The molecule has 5 aromatic carbocycles. The summed E-state index contributed by atoms with van der Waals surface area (Å²) in [5.41, 5.74) is 7.27. The number of benzene rings is 5. The first-order valence-electron chi connectivity index (χ1n) is 16.8. The number of nitrogens with zero attached hydrogens (tertiary/aromatic N) is 2. The Morgan fingerprint density at radius 2 is 0.868 bits per heavy atom. The van der Waals surface area contributed by atoms with E-state index in [0.717, 1.165) is 28.1 Å². The Hall–Kier alpha value is -4.57. The van der Waals surface area contributed by atoms with Gasteiger partial charge in [0.05, 0.1) is 14.7 Å². The quantitative estimate of drug-likeness (QED) is 0.0765. The summed E-state index contributed by atoms with van der Waals surface area (Å²) in [6, 6.07) is 31.2. The highest BCUT2D eigenvalue weighted by Crippen LogP contribution is 2.38. The summed E-state index contributed by atoms with van der Waals surface area (Å²) in [5.74, 6) is -0.336. The van der Waals surface area contributed by atoms with Crippen LogP contribution in [-0.4, -0.2) is 52.0 Å². The van der Waals surface area contributed by atoms with Crippen LogP contribution in [-0.2, 0) is 43.4 Å². The van der Waals surface area contributed by atoms with Crippen molar-refractivity contribution in [2.75, 3.05) is 22.9 Å². The largest absolute Gasteiger partial charge is 0.367 e. The molecule has 5 aromatic rings. The van der Waals surface area contributed by atoms with Crippen molar-refractivity contribution < 1.29 is 38.9 Å². The van der Waals surface area contributed by atoms with Crippen LogP contribution in [0.25, 0.3) is 0 Å². The molecule has 0 aromatic heterocycles. The molecule has 0 saturated heterocycles. The standard InChI is InChI=1S/C39H42N2O9S3/c1-5-40(25-29-9-7-11-35(23-29)51(42,43)44)33-17-13-31(14-18-33)39(38-27(3)21-37(22-28(38)4)53(48,49)50)32-15-19-34(20-16-32)41(6-2)26-30-10-8-12-36(24-30)52(45,46)47/h7-24,39H,5-6,25-26H2,1-4H3,(H,42,43,44)(H,45,46,47)(H,48,49,50). The number of hydrogen-bond acceptors (Lipinski definition) is 8. The van der Waals surface area contributed by atoms with Crippen molar-refractivity contribution in [1.82, 2.24) is 0 Å². The molecule has 0 aliphatic heterocycles. The third-order valence-corrected chi connectivity index (χ3v) is 11.8. The van der Waals surface area contributed by atoms with E-state index in [0.29, 0.717) is 48.4 Å². The zero-order chi connectivity index (χ0) is 38.7. The van der Waals surface area contributed by atoms with Crippen LogP contribution in [0.1, 0.15) is 58.7 Å². The summed E-state index contributed by atoms with van der Waals surface area (Å²) >= 11 is 0. The van der Waals surface area contributed by atoms with Gasteiger partial charge in [0.2, 0.25) is 0 Å². The van der Waals surface area contributed by atoms with Crippen LogP contribution in [0.2, 0.25) is 0 Å². The molecule has 0 amide bonds. The van der Waals surface area contributed by atoms with Crippen molar-refractivity contribution in [2.24, 2.45) is 0 Å². The second-order valence-electron chi connectivity index (χ2n) is 12.8. The van der Waals surface area contributed by atoms with Gasteiger partial charge in [0.1, 0.15) is 0 Å². The van der Waals surface area contributed by atoms with E-state index in [1.807, 2.05) is 76.2 Å². The van der Waals surface area contributed by atoms with E-state index in [1.165, 1.54) is 36.4 Å². The highest BCUT2D eigenvalue weighted by atomic mass is 32.2. The molecule has 5 rings (SSSR count). The summed E-state index contributed by atoms with van der Waals surface area (Å²) < 4.78 is 99.9. The van der Waals surface area contributed by atoms with Gasteiger partial charge in [0.15, 0.2) is 0 Å². The summed E-state index contributed by atoms with van der Waals surface area (Å²) in [7, 11) is -13.1. The van der Waals surface area contributed by atoms with E-state index in [4.69, 9.17) is 0 Å². The molecular formula is C39H42N2O9S3. The topological polar surface area (TPSA) is 170 Å². The van der Waals surface area contributed by atoms with E-state index in [9.17, 15) is 38.9 Å². The summed E-state index contributed by atoms with van der Waals surface area (Å²) in [6.07, 6.45) is 0. The summed E-state index contributed by atoms with van der Waals surface area (Å²) in [5, 5.41) is 0. The Bertz CT molecular complexity index is 2280. The lowest BCUT2D eigenvalue weighted by molar-refractivity contribution is 0.480. The van der Waals surface area contributed by atoms with Crippen LogP contribution in [0.4, 0.5) is 11.4 Å². The SMILES string of the molecule is CCN(Cc1cccc(S(=O)(=O)O)c1)c1ccc(C(c2ccc(N(CC)Cc3cccc(S(=O)(=O)O)c3)cc2)c2c(C)cc(S(=O)(=O)O)cc2C)cc1. The lowest BCUT2D eigenvalue weighted by Crippen LogP contribution is -2.22. The van der Waals surface area contributed by atoms with Crippen molar-refractivity contribution in [1.29, 1.82) is 0 Å². The highest BCUT2D eigenvalue weighted by Gasteiger charge is 2.24. The maximum absolute atomic E-state index is 12.1. The average molecular weight is 779 g/mol. The number of hydrogen-bond donors (Lipinski definition) is 3. The van der Waals surface area contributed by atoms with Crippen LogP contribution >= 0.6 is 0 Å². The molecule has 0 fully saturated rings. The molecule has 0 aliphatic carbocycles. The monoisotopic (exact) mass is 778 g/mol. The second-order valence-corrected chi connectivity index (χ2v) is 17.1. The minimum absolute atomic E-state index is 0.172. The molecule has 0 atom stereocenters. The zero-order valence-corrected chi connectivity index (χ0v) is 32.2. The van der Waals surface area contributed by atoms with Crippen LogP contribution in [0.3, 0.4) is 0 Å². The van der Waals surface area contributed by atoms with E-state index in [-0.39, 0.29) is 20.6 Å². The molecule has 280 valence electrons. The molecule has 0 saturated carbocycles. The van der Waals surface area contributed by atoms with E-state index < -0.39 is 30.4 Å². The van der Waals surface area contributed by atoms with Crippen LogP contribution in [0, 0.1) is 13.8 Å². The Morgan fingerprint density at radius 1 is 0.509 bits per heavy atom. The van der Waals surface area contributed by atoms with Gasteiger partial charge in [-0.25, -0.2) is 0 Å². The molecule has 0 radical (unpaired) electrons. The molecule has 14 heteroatoms. The van der Waals surface area contributed by atoms with Crippen molar-refractivity contribution in [3.63, 3.8) is 0 Å². The second kappa shape index (κ2) is 15.8. The fourth-order valence-electron chi connectivity index (χ4n) is 6.64. The van der Waals surface area contributed by atoms with Crippen molar-refractivity contribution in [3.05, 3.63) is 148 Å². The lowest BCUT2D eigenvalue weighted by atomic mass is 9.81. The molecule has 0 unspecified atom stereocenters. The predicted octanol–water partition coefficient (Wildman–Crippen LogP) is 7.28. The molecule has 0 aliphatic rings. The highest BCUT2D eigenvalue weighted by molar-refractivity contribution is 7.86. The van der Waals surface area contributed by atoms with Crippen molar-refractivity contribution in [3.8, 4) is 0 Å². The Morgan fingerprint density at radius 3 is 1.19 bits per heavy atom. The van der Waals surface area contributed by atoms with E-state index >= 15 is 0 Å². The minimum Gasteiger partial charge on any atom is -0.367 e. The molecular weight excluding hydrogens is 737 g/mol. The Balaban J connectivity index is 1.52. The molecule has 0 heterocycles. The van der Waals surface area contributed by atoms with Gasteiger partial charge >= 0.3 is 0 Å². The van der Waals surface area contributed by atoms with Gasteiger partial charge in [-0.1, -0.05) is 48.5 Å². The Kier molecular flexibility index (Phi) is 11.8. The van der Waals surface area contributed by atoms with Crippen molar-refractivity contribution >= 4 is 41.7 Å². The fraction of sp³-hybridized carbons (Fsp3) is 0.231. The first-order valence-corrected chi connectivity index (χ1v) is 21.1. The fourth-order valence-corrected chi connectivity index (χ4v) is 8.39. The first-order chi connectivity index (χ1) is 24.9. The van der Waals surface area contributed by atoms with Gasteiger partial charge in [-0.3, -0.25) is 13.7 Å². The summed E-state index contributed by atoms with van der Waals surface area (Å²) in [6.45, 7) is 9.62. The minimum atomic E-state index is -4.43. The molecule has 53 heavy (non-hydrogen) atoms.